The molecule has 0 spiro atoms. The van der Waals surface area contributed by atoms with Crippen molar-refractivity contribution in [2.45, 2.75) is 19.9 Å². The summed E-state index contributed by atoms with van der Waals surface area (Å²) in [7, 11) is 0. The van der Waals surface area contributed by atoms with Gasteiger partial charge in [-0.25, -0.2) is 8.78 Å². The lowest BCUT2D eigenvalue weighted by Crippen LogP contribution is -2.09. The highest BCUT2D eigenvalue weighted by atomic mass is 19.3. The van der Waals surface area contributed by atoms with Gasteiger partial charge in [-0.3, -0.25) is 4.68 Å². The van der Waals surface area contributed by atoms with Crippen LogP contribution < -0.4 is 5.73 Å². The standard InChI is InChI=1S/C6H9F2N3/c1-4-2-6(9)10-11(4)3-5(7)8/h2,5H,3H2,1H3,(H2,9,10). The smallest absolute Gasteiger partial charge is 0.257 e. The minimum Gasteiger partial charge on any atom is -0.382 e. The summed E-state index contributed by atoms with van der Waals surface area (Å²) >= 11 is 0. The van der Waals surface area contributed by atoms with Gasteiger partial charge < -0.3 is 5.73 Å². The van der Waals surface area contributed by atoms with E-state index < -0.39 is 6.43 Å². The summed E-state index contributed by atoms with van der Waals surface area (Å²) in [4.78, 5) is 0. The molecular weight excluding hydrogens is 152 g/mol. The Labute approximate surface area is 62.8 Å². The average molecular weight is 161 g/mol. The third kappa shape index (κ3) is 1.89. The number of nitrogens with zero attached hydrogens (tertiary/aromatic N) is 2. The second kappa shape index (κ2) is 2.86. The average Bonchev–Trinajstić information content (AvgIpc) is 2.09. The van der Waals surface area contributed by atoms with Crippen LogP contribution in [0.3, 0.4) is 0 Å². The van der Waals surface area contributed by atoms with Crippen LogP contribution in [0.1, 0.15) is 5.69 Å². The van der Waals surface area contributed by atoms with E-state index in [-0.39, 0.29) is 12.4 Å². The molecule has 1 rings (SSSR count). The number of hydrogen-bond acceptors (Lipinski definition) is 2. The van der Waals surface area contributed by atoms with Crippen LogP contribution in [0.2, 0.25) is 0 Å². The van der Waals surface area contributed by atoms with Crippen molar-refractivity contribution in [1.29, 1.82) is 0 Å². The van der Waals surface area contributed by atoms with E-state index in [1.807, 2.05) is 0 Å². The molecule has 1 heterocycles. The second-order valence-corrected chi connectivity index (χ2v) is 2.28. The third-order valence-electron chi connectivity index (χ3n) is 1.31. The van der Waals surface area contributed by atoms with Crippen molar-refractivity contribution in [3.05, 3.63) is 11.8 Å². The van der Waals surface area contributed by atoms with Gasteiger partial charge in [-0.1, -0.05) is 0 Å². The Morgan fingerprint density at radius 2 is 2.36 bits per heavy atom. The predicted molar refractivity (Wildman–Crippen MR) is 37.4 cm³/mol. The Kier molecular flexibility index (Phi) is 2.07. The second-order valence-electron chi connectivity index (χ2n) is 2.28. The first-order valence-corrected chi connectivity index (χ1v) is 3.17. The highest BCUT2D eigenvalue weighted by molar-refractivity contribution is 5.28. The summed E-state index contributed by atoms with van der Waals surface area (Å²) in [5, 5.41) is 3.66. The Morgan fingerprint density at radius 1 is 1.73 bits per heavy atom. The predicted octanol–water partition coefficient (Wildman–Crippen LogP) is 1.04. The number of aromatic nitrogens is 2. The largest absolute Gasteiger partial charge is 0.382 e. The van der Waals surface area contributed by atoms with Crippen molar-refractivity contribution in [3.63, 3.8) is 0 Å². The molecule has 0 atom stereocenters. The summed E-state index contributed by atoms with van der Waals surface area (Å²) in [5.74, 6) is 0.281. The Balaban J connectivity index is 2.77. The molecule has 0 aliphatic rings. The number of halogens is 2. The fourth-order valence-corrected chi connectivity index (χ4v) is 0.851. The van der Waals surface area contributed by atoms with E-state index in [9.17, 15) is 8.78 Å². The molecule has 2 N–H and O–H groups in total. The van der Waals surface area contributed by atoms with Gasteiger partial charge in [0.15, 0.2) is 0 Å². The fraction of sp³-hybridized carbons (Fsp3) is 0.500. The van der Waals surface area contributed by atoms with Gasteiger partial charge in [0.2, 0.25) is 0 Å². The van der Waals surface area contributed by atoms with Crippen molar-refractivity contribution in [3.8, 4) is 0 Å². The molecule has 0 fully saturated rings. The van der Waals surface area contributed by atoms with Gasteiger partial charge >= 0.3 is 0 Å². The molecule has 62 valence electrons. The van der Waals surface area contributed by atoms with E-state index in [1.165, 1.54) is 4.68 Å². The number of nitrogens with two attached hydrogens (primary N) is 1. The summed E-state index contributed by atoms with van der Waals surface area (Å²) in [6.07, 6.45) is -2.38. The highest BCUT2D eigenvalue weighted by Crippen LogP contribution is 2.06. The van der Waals surface area contributed by atoms with E-state index >= 15 is 0 Å². The maximum Gasteiger partial charge on any atom is 0.257 e. The first-order chi connectivity index (χ1) is 5.09. The molecular formula is C6H9F2N3. The molecule has 0 aliphatic carbocycles. The molecule has 0 unspecified atom stereocenters. The van der Waals surface area contributed by atoms with Crippen LogP contribution in [0.4, 0.5) is 14.6 Å². The molecule has 0 saturated carbocycles. The minimum atomic E-state index is -2.38. The van der Waals surface area contributed by atoms with Gasteiger partial charge in [0, 0.05) is 11.8 Å². The van der Waals surface area contributed by atoms with Crippen molar-refractivity contribution in [1.82, 2.24) is 9.78 Å². The minimum absolute atomic E-state index is 0.281. The fourth-order valence-electron chi connectivity index (χ4n) is 0.851. The lowest BCUT2D eigenvalue weighted by molar-refractivity contribution is 0.121. The van der Waals surface area contributed by atoms with Gasteiger partial charge in [0.25, 0.3) is 6.43 Å². The molecule has 3 nitrogen and oxygen atoms in total. The highest BCUT2D eigenvalue weighted by Gasteiger charge is 2.07. The van der Waals surface area contributed by atoms with Gasteiger partial charge in [0.05, 0.1) is 0 Å². The van der Waals surface area contributed by atoms with Crippen molar-refractivity contribution < 1.29 is 8.78 Å². The van der Waals surface area contributed by atoms with Crippen molar-refractivity contribution >= 4 is 5.82 Å². The number of anilines is 1. The van der Waals surface area contributed by atoms with Gasteiger partial charge in [0.1, 0.15) is 12.4 Å². The molecule has 1 aromatic heterocycles. The maximum absolute atomic E-state index is 11.8. The Hall–Kier alpha value is -1.13. The van der Waals surface area contributed by atoms with Crippen molar-refractivity contribution in [2.24, 2.45) is 0 Å². The number of alkyl halides is 2. The normalized spacial score (nSPS) is 10.9. The van der Waals surface area contributed by atoms with Crippen LogP contribution >= 0.6 is 0 Å². The van der Waals surface area contributed by atoms with E-state index in [0.29, 0.717) is 5.69 Å². The summed E-state index contributed by atoms with van der Waals surface area (Å²) in [5.41, 5.74) is 5.93. The SMILES string of the molecule is Cc1cc(N)nn1CC(F)F. The number of rotatable bonds is 2. The first-order valence-electron chi connectivity index (χ1n) is 3.17. The number of hydrogen-bond donors (Lipinski definition) is 1. The van der Waals surface area contributed by atoms with Gasteiger partial charge in [-0.2, -0.15) is 5.10 Å². The molecule has 11 heavy (non-hydrogen) atoms. The molecule has 0 saturated heterocycles. The van der Waals surface area contributed by atoms with Gasteiger partial charge in [-0.15, -0.1) is 0 Å². The first kappa shape index (κ1) is 7.97. The summed E-state index contributed by atoms with van der Waals surface area (Å²) in [6, 6.07) is 1.56. The molecule has 1 aromatic rings. The van der Waals surface area contributed by atoms with Crippen LogP contribution in [0.15, 0.2) is 6.07 Å². The van der Waals surface area contributed by atoms with Crippen LogP contribution in [-0.2, 0) is 6.54 Å². The zero-order valence-corrected chi connectivity index (χ0v) is 6.09. The molecule has 0 bridgehead atoms. The summed E-state index contributed by atoms with van der Waals surface area (Å²) < 4.78 is 24.8. The third-order valence-corrected chi connectivity index (χ3v) is 1.31. The van der Waals surface area contributed by atoms with E-state index in [4.69, 9.17) is 5.73 Å². The van der Waals surface area contributed by atoms with Crippen LogP contribution in [0, 0.1) is 6.92 Å². The van der Waals surface area contributed by atoms with E-state index in [1.54, 1.807) is 13.0 Å². The molecule has 0 aromatic carbocycles. The van der Waals surface area contributed by atoms with E-state index in [2.05, 4.69) is 5.10 Å². The summed E-state index contributed by atoms with van der Waals surface area (Å²) in [6.45, 7) is 1.30. The van der Waals surface area contributed by atoms with Gasteiger partial charge in [-0.05, 0) is 6.92 Å². The zero-order valence-electron chi connectivity index (χ0n) is 6.09. The monoisotopic (exact) mass is 161 g/mol. The van der Waals surface area contributed by atoms with Crippen LogP contribution in [0.5, 0.6) is 0 Å². The van der Waals surface area contributed by atoms with Crippen molar-refractivity contribution in [2.75, 3.05) is 5.73 Å². The molecule has 5 heteroatoms. The quantitative estimate of drug-likeness (QED) is 0.704. The Bertz CT molecular complexity index is 244. The zero-order chi connectivity index (χ0) is 8.43. The Morgan fingerprint density at radius 3 is 2.73 bits per heavy atom. The van der Waals surface area contributed by atoms with Crippen LogP contribution in [-0.4, -0.2) is 16.2 Å². The lowest BCUT2D eigenvalue weighted by atomic mass is 10.4. The van der Waals surface area contributed by atoms with Crippen LogP contribution in [0.25, 0.3) is 0 Å². The number of aryl methyl sites for hydroxylation is 1. The molecule has 0 aliphatic heterocycles. The molecule has 0 radical (unpaired) electrons. The number of nitrogen functional groups attached to an aromatic ring is 1. The lowest BCUT2D eigenvalue weighted by Gasteiger charge is -2.00. The molecule has 0 amide bonds. The maximum atomic E-state index is 11.8. The van der Waals surface area contributed by atoms with E-state index in [0.717, 1.165) is 0 Å². The topological polar surface area (TPSA) is 43.8 Å².